The van der Waals surface area contributed by atoms with Crippen LogP contribution >= 0.6 is 11.3 Å². The first kappa shape index (κ1) is 10.1. The predicted octanol–water partition coefficient (Wildman–Crippen LogP) is 1.49. The van der Waals surface area contributed by atoms with E-state index < -0.39 is 0 Å². The largest absolute Gasteiger partial charge is 0.392 e. The summed E-state index contributed by atoms with van der Waals surface area (Å²) in [4.78, 5) is 7.68. The van der Waals surface area contributed by atoms with E-state index in [1.54, 1.807) is 11.3 Å². The van der Waals surface area contributed by atoms with Crippen molar-refractivity contribution in [1.29, 1.82) is 0 Å². The van der Waals surface area contributed by atoms with Gasteiger partial charge in [-0.15, -0.1) is 11.3 Å². The van der Waals surface area contributed by atoms with Crippen molar-refractivity contribution in [1.82, 2.24) is 9.88 Å². The molecule has 0 aromatic carbocycles. The predicted molar refractivity (Wildman–Crippen MR) is 57.2 cm³/mol. The molecule has 0 saturated carbocycles. The van der Waals surface area contributed by atoms with Crippen molar-refractivity contribution in [2.24, 2.45) is 0 Å². The van der Waals surface area contributed by atoms with Crippen LogP contribution in [0.5, 0.6) is 0 Å². The van der Waals surface area contributed by atoms with Gasteiger partial charge in [-0.25, -0.2) is 0 Å². The summed E-state index contributed by atoms with van der Waals surface area (Å²) in [6, 6.07) is 0.283. The minimum Gasteiger partial charge on any atom is -0.392 e. The Labute approximate surface area is 88.4 Å². The van der Waals surface area contributed by atoms with Crippen molar-refractivity contribution >= 4 is 11.3 Å². The van der Waals surface area contributed by atoms with Gasteiger partial charge in [-0.05, 0) is 26.3 Å². The number of hydrogen-bond donors (Lipinski definition) is 1. The van der Waals surface area contributed by atoms with Gasteiger partial charge in [0.25, 0.3) is 0 Å². The molecule has 0 amide bonds. The van der Waals surface area contributed by atoms with E-state index in [1.165, 1.54) is 4.88 Å². The highest BCUT2D eigenvalue weighted by Crippen LogP contribution is 2.20. The lowest BCUT2D eigenvalue weighted by Crippen LogP contribution is -2.45. The highest BCUT2D eigenvalue weighted by molar-refractivity contribution is 7.09. The lowest BCUT2D eigenvalue weighted by molar-refractivity contribution is 0.0162. The van der Waals surface area contributed by atoms with Gasteiger partial charge in [-0.3, -0.25) is 9.88 Å². The van der Waals surface area contributed by atoms with Crippen molar-refractivity contribution in [2.75, 3.05) is 6.54 Å². The zero-order chi connectivity index (χ0) is 9.97. The number of thiazole rings is 1. The minimum atomic E-state index is -0.156. The van der Waals surface area contributed by atoms with E-state index in [-0.39, 0.29) is 12.1 Å². The molecule has 1 saturated heterocycles. The van der Waals surface area contributed by atoms with Crippen molar-refractivity contribution in [2.45, 2.75) is 38.5 Å². The van der Waals surface area contributed by atoms with Crippen LogP contribution in [0.2, 0.25) is 0 Å². The third kappa shape index (κ3) is 2.13. The summed E-state index contributed by atoms with van der Waals surface area (Å²) in [7, 11) is 0. The standard InChI is InChI=1S/C10H16N2OS/c1-8-10(13)3-2-4-12(8)6-9-5-11-7-14-9/h5,7-8,10,13H,2-4,6H2,1H3. The Bertz CT molecular complexity index is 276. The molecule has 2 rings (SSSR count). The fourth-order valence-electron chi connectivity index (χ4n) is 1.94. The molecule has 1 fully saturated rings. The quantitative estimate of drug-likeness (QED) is 0.807. The fraction of sp³-hybridized carbons (Fsp3) is 0.700. The van der Waals surface area contributed by atoms with Crippen LogP contribution in [0.4, 0.5) is 0 Å². The van der Waals surface area contributed by atoms with Gasteiger partial charge >= 0.3 is 0 Å². The van der Waals surface area contributed by atoms with E-state index in [1.807, 2.05) is 11.7 Å². The molecule has 0 aliphatic carbocycles. The smallest absolute Gasteiger partial charge is 0.0794 e. The van der Waals surface area contributed by atoms with Gasteiger partial charge in [0.15, 0.2) is 0 Å². The monoisotopic (exact) mass is 212 g/mol. The van der Waals surface area contributed by atoms with Gasteiger partial charge in [-0.1, -0.05) is 0 Å². The molecule has 1 aliphatic rings. The van der Waals surface area contributed by atoms with E-state index >= 15 is 0 Å². The molecule has 1 N–H and O–H groups in total. The Morgan fingerprint density at radius 1 is 1.71 bits per heavy atom. The summed E-state index contributed by atoms with van der Waals surface area (Å²) < 4.78 is 0. The summed E-state index contributed by atoms with van der Waals surface area (Å²) in [6.45, 7) is 4.13. The van der Waals surface area contributed by atoms with Crippen molar-refractivity contribution in [3.63, 3.8) is 0 Å². The van der Waals surface area contributed by atoms with Crippen LogP contribution in [0.3, 0.4) is 0 Å². The van der Waals surface area contributed by atoms with Crippen LogP contribution in [0.1, 0.15) is 24.6 Å². The molecule has 3 nitrogen and oxygen atoms in total. The number of piperidine rings is 1. The Balaban J connectivity index is 1.97. The maximum absolute atomic E-state index is 9.72. The average molecular weight is 212 g/mol. The molecule has 1 aromatic heterocycles. The molecule has 1 aliphatic heterocycles. The second kappa shape index (κ2) is 4.38. The topological polar surface area (TPSA) is 36.4 Å². The highest BCUT2D eigenvalue weighted by atomic mass is 32.1. The molecule has 78 valence electrons. The molecular weight excluding hydrogens is 196 g/mol. The maximum atomic E-state index is 9.72. The lowest BCUT2D eigenvalue weighted by Gasteiger charge is -2.36. The Morgan fingerprint density at radius 2 is 2.57 bits per heavy atom. The number of aliphatic hydroxyl groups excluding tert-OH is 1. The summed E-state index contributed by atoms with van der Waals surface area (Å²) in [5.41, 5.74) is 1.86. The second-order valence-corrected chi connectivity index (χ2v) is 4.86. The first-order valence-electron chi connectivity index (χ1n) is 5.07. The van der Waals surface area contributed by atoms with Crippen molar-refractivity contribution in [3.8, 4) is 0 Å². The van der Waals surface area contributed by atoms with E-state index in [0.29, 0.717) is 0 Å². The molecule has 0 bridgehead atoms. The second-order valence-electron chi connectivity index (χ2n) is 3.89. The number of likely N-dealkylation sites (tertiary alicyclic amines) is 1. The number of hydrogen-bond acceptors (Lipinski definition) is 4. The summed E-state index contributed by atoms with van der Waals surface area (Å²) in [6.07, 6.45) is 3.81. The molecule has 2 unspecified atom stereocenters. The zero-order valence-electron chi connectivity index (χ0n) is 8.39. The van der Waals surface area contributed by atoms with Gasteiger partial charge in [0, 0.05) is 23.7 Å². The van der Waals surface area contributed by atoms with Crippen LogP contribution in [-0.4, -0.2) is 33.7 Å². The van der Waals surface area contributed by atoms with Crippen molar-refractivity contribution < 1.29 is 5.11 Å². The first-order chi connectivity index (χ1) is 6.77. The van der Waals surface area contributed by atoms with Gasteiger partial charge in [0.05, 0.1) is 11.6 Å². The molecule has 0 spiro atoms. The lowest BCUT2D eigenvalue weighted by atomic mass is 10.0. The van der Waals surface area contributed by atoms with Gasteiger partial charge < -0.3 is 5.11 Å². The zero-order valence-corrected chi connectivity index (χ0v) is 9.20. The Morgan fingerprint density at radius 3 is 3.29 bits per heavy atom. The van der Waals surface area contributed by atoms with Gasteiger partial charge in [0.2, 0.25) is 0 Å². The summed E-state index contributed by atoms with van der Waals surface area (Å²) in [5, 5.41) is 9.72. The van der Waals surface area contributed by atoms with E-state index in [0.717, 1.165) is 25.9 Å². The summed E-state index contributed by atoms with van der Waals surface area (Å²) in [5.74, 6) is 0. The molecule has 0 radical (unpaired) electrons. The molecule has 14 heavy (non-hydrogen) atoms. The average Bonchev–Trinajstić information content (AvgIpc) is 2.66. The molecule has 4 heteroatoms. The van der Waals surface area contributed by atoms with Crippen LogP contribution in [-0.2, 0) is 6.54 Å². The third-order valence-electron chi connectivity index (χ3n) is 2.92. The highest BCUT2D eigenvalue weighted by Gasteiger charge is 2.26. The number of aromatic nitrogens is 1. The van der Waals surface area contributed by atoms with Gasteiger partial charge in [0.1, 0.15) is 0 Å². The number of rotatable bonds is 2. The van der Waals surface area contributed by atoms with Crippen LogP contribution < -0.4 is 0 Å². The maximum Gasteiger partial charge on any atom is 0.0794 e. The van der Waals surface area contributed by atoms with E-state index in [2.05, 4.69) is 16.8 Å². The Kier molecular flexibility index (Phi) is 3.15. The third-order valence-corrected chi connectivity index (χ3v) is 3.68. The van der Waals surface area contributed by atoms with Crippen LogP contribution in [0, 0.1) is 0 Å². The Hall–Kier alpha value is -0.450. The van der Waals surface area contributed by atoms with Gasteiger partial charge in [-0.2, -0.15) is 0 Å². The molecule has 2 heterocycles. The van der Waals surface area contributed by atoms with Crippen molar-refractivity contribution in [3.05, 3.63) is 16.6 Å². The van der Waals surface area contributed by atoms with Crippen LogP contribution in [0.15, 0.2) is 11.7 Å². The number of nitrogens with zero attached hydrogens (tertiary/aromatic N) is 2. The number of aliphatic hydroxyl groups is 1. The fourth-order valence-corrected chi connectivity index (χ4v) is 2.55. The van der Waals surface area contributed by atoms with E-state index in [4.69, 9.17) is 0 Å². The normalized spacial score (nSPS) is 29.3. The minimum absolute atomic E-state index is 0.156. The van der Waals surface area contributed by atoms with E-state index in [9.17, 15) is 5.11 Å². The SMILES string of the molecule is CC1C(O)CCCN1Cc1cncs1. The summed E-state index contributed by atoms with van der Waals surface area (Å²) >= 11 is 1.69. The molecular formula is C10H16N2OS. The van der Waals surface area contributed by atoms with Crippen LogP contribution in [0.25, 0.3) is 0 Å². The molecule has 1 aromatic rings. The molecule has 2 atom stereocenters. The first-order valence-corrected chi connectivity index (χ1v) is 5.95.